The molecule has 0 fully saturated rings. The molecular weight excluding hydrogens is 526 g/mol. The van der Waals surface area contributed by atoms with Crippen molar-refractivity contribution in [1.29, 1.82) is 0 Å². The quantitative estimate of drug-likeness (QED) is 0.218. The molecule has 0 atom stereocenters. The standard InChI is InChI=1S/C40H25NO2/c1-2-12-29(13-3-1)41(35-17-9-19-37-39(35)34-23-20-26-10-4-5-15-31(26)40(34)43-37)30-14-8-11-27(24-30)28-21-22-33-32-16-6-7-18-36(32)42-38(33)25-28/h1-25H. The van der Waals surface area contributed by atoms with Crippen LogP contribution in [0.15, 0.2) is 160 Å². The second kappa shape index (κ2) is 9.37. The molecule has 0 aliphatic heterocycles. The van der Waals surface area contributed by atoms with Crippen LogP contribution in [-0.4, -0.2) is 0 Å². The minimum absolute atomic E-state index is 0.872. The van der Waals surface area contributed by atoms with Crippen LogP contribution >= 0.6 is 0 Å². The zero-order valence-corrected chi connectivity index (χ0v) is 23.2. The number of hydrogen-bond donors (Lipinski definition) is 0. The first kappa shape index (κ1) is 23.9. The van der Waals surface area contributed by atoms with Crippen LogP contribution in [-0.2, 0) is 0 Å². The van der Waals surface area contributed by atoms with Gasteiger partial charge in [-0.25, -0.2) is 0 Å². The summed E-state index contributed by atoms with van der Waals surface area (Å²) >= 11 is 0. The van der Waals surface area contributed by atoms with E-state index in [0.29, 0.717) is 0 Å². The molecule has 0 unspecified atom stereocenters. The van der Waals surface area contributed by atoms with Gasteiger partial charge in [0.1, 0.15) is 22.3 Å². The Hall–Kier alpha value is -5.80. The first-order valence-corrected chi connectivity index (χ1v) is 14.5. The molecule has 0 spiro atoms. The van der Waals surface area contributed by atoms with Crippen molar-refractivity contribution in [2.24, 2.45) is 0 Å². The summed E-state index contributed by atoms with van der Waals surface area (Å²) in [6.07, 6.45) is 0. The minimum atomic E-state index is 0.872. The third kappa shape index (κ3) is 3.75. The van der Waals surface area contributed by atoms with E-state index in [1.807, 2.05) is 12.1 Å². The number of nitrogens with zero attached hydrogens (tertiary/aromatic N) is 1. The Bertz CT molecular complexity index is 2470. The smallest absolute Gasteiger partial charge is 0.143 e. The maximum atomic E-state index is 6.55. The fourth-order valence-electron chi connectivity index (χ4n) is 6.46. The maximum absolute atomic E-state index is 6.55. The number of hydrogen-bond acceptors (Lipinski definition) is 3. The van der Waals surface area contributed by atoms with Gasteiger partial charge in [0.15, 0.2) is 0 Å². The minimum Gasteiger partial charge on any atom is -0.456 e. The van der Waals surface area contributed by atoms with E-state index in [1.165, 1.54) is 5.39 Å². The zero-order chi connectivity index (χ0) is 28.3. The molecule has 0 aliphatic carbocycles. The molecule has 0 radical (unpaired) electrons. The summed E-state index contributed by atoms with van der Waals surface area (Å²) in [7, 11) is 0. The molecule has 2 aromatic heterocycles. The number of para-hydroxylation sites is 2. The summed E-state index contributed by atoms with van der Waals surface area (Å²) in [5.41, 5.74) is 9.04. The van der Waals surface area contributed by atoms with Crippen molar-refractivity contribution >= 4 is 71.7 Å². The van der Waals surface area contributed by atoms with Gasteiger partial charge in [0.05, 0.1) is 11.1 Å². The van der Waals surface area contributed by atoms with Gasteiger partial charge < -0.3 is 13.7 Å². The van der Waals surface area contributed by atoms with Crippen molar-refractivity contribution in [3.8, 4) is 11.1 Å². The van der Waals surface area contributed by atoms with E-state index in [0.717, 1.165) is 77.5 Å². The van der Waals surface area contributed by atoms with Crippen molar-refractivity contribution < 1.29 is 8.83 Å². The van der Waals surface area contributed by atoms with Crippen LogP contribution in [0.2, 0.25) is 0 Å². The number of furan rings is 2. The molecule has 0 bridgehead atoms. The zero-order valence-electron chi connectivity index (χ0n) is 23.2. The van der Waals surface area contributed by atoms with Crippen molar-refractivity contribution in [2.45, 2.75) is 0 Å². The van der Waals surface area contributed by atoms with Gasteiger partial charge in [-0.3, -0.25) is 0 Å². The lowest BCUT2D eigenvalue weighted by molar-refractivity contribution is 0.669. The predicted molar refractivity (Wildman–Crippen MR) is 179 cm³/mol. The van der Waals surface area contributed by atoms with Crippen LogP contribution in [0.25, 0.3) is 65.8 Å². The van der Waals surface area contributed by atoms with Crippen LogP contribution in [0, 0.1) is 0 Å². The van der Waals surface area contributed by atoms with Gasteiger partial charge in [-0.2, -0.15) is 0 Å². The first-order chi connectivity index (χ1) is 21.3. The normalized spacial score (nSPS) is 11.7. The molecule has 202 valence electrons. The SMILES string of the molecule is c1ccc(N(c2cccc(-c3ccc4c(c3)oc3ccccc34)c2)c2cccc3oc4c5ccccc5ccc4c23)cc1. The lowest BCUT2D eigenvalue weighted by Crippen LogP contribution is -2.10. The second-order valence-corrected chi connectivity index (χ2v) is 10.9. The number of rotatable bonds is 4. The van der Waals surface area contributed by atoms with Crippen LogP contribution < -0.4 is 4.90 Å². The molecule has 7 aromatic carbocycles. The van der Waals surface area contributed by atoms with Crippen molar-refractivity contribution in [3.63, 3.8) is 0 Å². The fraction of sp³-hybridized carbons (Fsp3) is 0. The summed E-state index contributed by atoms with van der Waals surface area (Å²) in [4.78, 5) is 2.33. The Morgan fingerprint density at radius 3 is 2.02 bits per heavy atom. The summed E-state index contributed by atoms with van der Waals surface area (Å²) < 4.78 is 12.8. The van der Waals surface area contributed by atoms with Gasteiger partial charge in [0.2, 0.25) is 0 Å². The topological polar surface area (TPSA) is 29.5 Å². The van der Waals surface area contributed by atoms with E-state index in [4.69, 9.17) is 8.83 Å². The highest BCUT2D eigenvalue weighted by atomic mass is 16.3. The van der Waals surface area contributed by atoms with Gasteiger partial charge in [-0.1, -0.05) is 91.0 Å². The van der Waals surface area contributed by atoms with Crippen molar-refractivity contribution in [1.82, 2.24) is 0 Å². The van der Waals surface area contributed by atoms with Crippen molar-refractivity contribution in [3.05, 3.63) is 152 Å². The van der Waals surface area contributed by atoms with Crippen LogP contribution in [0.5, 0.6) is 0 Å². The molecule has 9 aromatic rings. The number of benzene rings is 7. The molecule has 9 rings (SSSR count). The Balaban J connectivity index is 1.25. The predicted octanol–water partition coefficient (Wildman–Crippen LogP) is 11.8. The van der Waals surface area contributed by atoms with E-state index >= 15 is 0 Å². The Kier molecular flexibility index (Phi) is 5.20. The Morgan fingerprint density at radius 2 is 1.09 bits per heavy atom. The molecule has 0 saturated heterocycles. The Morgan fingerprint density at radius 1 is 0.395 bits per heavy atom. The van der Waals surface area contributed by atoms with Gasteiger partial charge in [-0.05, 0) is 77.2 Å². The third-order valence-corrected chi connectivity index (χ3v) is 8.44. The van der Waals surface area contributed by atoms with E-state index in [2.05, 4.69) is 144 Å². The van der Waals surface area contributed by atoms with E-state index in [-0.39, 0.29) is 0 Å². The van der Waals surface area contributed by atoms with Gasteiger partial charge in [-0.15, -0.1) is 0 Å². The van der Waals surface area contributed by atoms with Crippen LogP contribution in [0.1, 0.15) is 0 Å². The maximum Gasteiger partial charge on any atom is 0.143 e. The van der Waals surface area contributed by atoms with Crippen molar-refractivity contribution in [2.75, 3.05) is 4.90 Å². The Labute approximate surface area is 247 Å². The summed E-state index contributed by atoms with van der Waals surface area (Å²) in [6, 6.07) is 53.1. The second-order valence-electron chi connectivity index (χ2n) is 10.9. The summed E-state index contributed by atoms with van der Waals surface area (Å²) in [5, 5.41) is 6.77. The lowest BCUT2D eigenvalue weighted by Gasteiger charge is -2.26. The number of fused-ring (bicyclic) bond motifs is 8. The van der Waals surface area contributed by atoms with Crippen LogP contribution in [0.4, 0.5) is 17.1 Å². The van der Waals surface area contributed by atoms with E-state index in [9.17, 15) is 0 Å². The molecule has 2 heterocycles. The highest BCUT2D eigenvalue weighted by molar-refractivity contribution is 6.19. The highest BCUT2D eigenvalue weighted by Gasteiger charge is 2.20. The van der Waals surface area contributed by atoms with E-state index in [1.54, 1.807) is 0 Å². The largest absolute Gasteiger partial charge is 0.456 e. The average molecular weight is 552 g/mol. The monoisotopic (exact) mass is 551 g/mol. The number of anilines is 3. The third-order valence-electron chi connectivity index (χ3n) is 8.44. The average Bonchev–Trinajstić information content (AvgIpc) is 3.64. The highest BCUT2D eigenvalue weighted by Crippen LogP contribution is 2.45. The van der Waals surface area contributed by atoms with Crippen LogP contribution in [0.3, 0.4) is 0 Å². The fourth-order valence-corrected chi connectivity index (χ4v) is 6.46. The molecule has 0 saturated carbocycles. The molecule has 3 nitrogen and oxygen atoms in total. The lowest BCUT2D eigenvalue weighted by atomic mass is 10.0. The van der Waals surface area contributed by atoms with E-state index < -0.39 is 0 Å². The molecule has 0 aliphatic rings. The van der Waals surface area contributed by atoms with Gasteiger partial charge in [0.25, 0.3) is 0 Å². The first-order valence-electron chi connectivity index (χ1n) is 14.5. The summed E-state index contributed by atoms with van der Waals surface area (Å²) in [6.45, 7) is 0. The van der Waals surface area contributed by atoms with Gasteiger partial charge in [0, 0.05) is 32.9 Å². The molecule has 0 amide bonds. The molecule has 3 heteroatoms. The molecule has 43 heavy (non-hydrogen) atoms. The molecule has 0 N–H and O–H groups in total. The molecular formula is C40H25NO2. The van der Waals surface area contributed by atoms with Gasteiger partial charge >= 0.3 is 0 Å². The summed E-state index contributed by atoms with van der Waals surface area (Å²) in [5.74, 6) is 0.